The van der Waals surface area contributed by atoms with Gasteiger partial charge in [-0.1, -0.05) is 60.1 Å². The Balaban J connectivity index is 1.80. The van der Waals surface area contributed by atoms with Crippen LogP contribution in [0.2, 0.25) is 5.02 Å². The lowest BCUT2D eigenvalue weighted by Gasteiger charge is -2.40. The first-order chi connectivity index (χ1) is 13.5. The van der Waals surface area contributed by atoms with E-state index >= 15 is 0 Å². The number of aliphatic hydroxyl groups excluding tert-OH is 1. The van der Waals surface area contributed by atoms with Gasteiger partial charge in [-0.15, -0.1) is 0 Å². The minimum Gasteiger partial charge on any atom is -0.478 e. The van der Waals surface area contributed by atoms with E-state index in [4.69, 9.17) is 22.1 Å². The fraction of sp³-hybridized carbons (Fsp3) is 0.217. The summed E-state index contributed by atoms with van der Waals surface area (Å²) in [6.07, 6.45) is -0.634. The van der Waals surface area contributed by atoms with E-state index in [1.807, 2.05) is 42.5 Å². The molecule has 1 fully saturated rings. The third kappa shape index (κ3) is 2.14. The van der Waals surface area contributed by atoms with Crippen molar-refractivity contribution in [1.29, 1.82) is 0 Å². The monoisotopic (exact) mass is 393 g/mol. The molecular formula is C23H20ClNO3. The number of ether oxygens (including phenoxy) is 1. The molecule has 4 N–H and O–H groups in total. The van der Waals surface area contributed by atoms with Crippen LogP contribution in [0, 0.1) is 0 Å². The lowest BCUT2D eigenvalue weighted by atomic mass is 9.71. The van der Waals surface area contributed by atoms with Crippen molar-refractivity contribution in [1.82, 2.24) is 0 Å². The van der Waals surface area contributed by atoms with E-state index in [-0.39, 0.29) is 5.92 Å². The predicted molar refractivity (Wildman–Crippen MR) is 108 cm³/mol. The number of nitrogen functional groups attached to an aromatic ring is 1. The van der Waals surface area contributed by atoms with Crippen molar-refractivity contribution in [3.63, 3.8) is 0 Å². The predicted octanol–water partition coefficient (Wildman–Crippen LogP) is 3.95. The van der Waals surface area contributed by atoms with Gasteiger partial charge in [-0.05, 0) is 35.7 Å². The van der Waals surface area contributed by atoms with Crippen molar-refractivity contribution < 1.29 is 14.9 Å². The Labute approximate surface area is 168 Å². The molecule has 1 aliphatic carbocycles. The minimum absolute atomic E-state index is 0.261. The zero-order valence-corrected chi connectivity index (χ0v) is 15.8. The Morgan fingerprint density at radius 2 is 1.71 bits per heavy atom. The summed E-state index contributed by atoms with van der Waals surface area (Å²) in [4.78, 5) is 0. The Bertz CT molecular complexity index is 1040. The molecular weight excluding hydrogens is 374 g/mol. The maximum atomic E-state index is 12.0. The molecule has 0 radical (unpaired) electrons. The number of fused-ring (bicyclic) bond motifs is 3. The molecule has 2 aliphatic rings. The molecule has 0 unspecified atom stereocenters. The van der Waals surface area contributed by atoms with Crippen molar-refractivity contribution in [2.45, 2.75) is 29.6 Å². The summed E-state index contributed by atoms with van der Waals surface area (Å²) in [5.41, 5.74) is 6.03. The normalized spacial score (nSPS) is 30.5. The first kappa shape index (κ1) is 17.6. The standard InChI is InChI=1S/C23H20ClNO3/c24-16-8-6-15(7-9-16)23-19(14-4-2-1-3-5-14)13-21(26)22(23,27)18-11-10-17(25)12-20(18)28-23/h1-12,19,21,26-27H,13,25H2/t19-,21-,22-,23-/m0/s1. The van der Waals surface area contributed by atoms with Crippen LogP contribution in [0.4, 0.5) is 5.69 Å². The number of benzene rings is 3. The Kier molecular flexibility index (Phi) is 3.75. The van der Waals surface area contributed by atoms with Crippen molar-refractivity contribution >= 4 is 17.3 Å². The lowest BCUT2D eigenvalue weighted by molar-refractivity contribution is -0.149. The summed E-state index contributed by atoms with van der Waals surface area (Å²) in [6.45, 7) is 0. The molecule has 3 aromatic rings. The highest BCUT2D eigenvalue weighted by atomic mass is 35.5. The molecule has 4 nitrogen and oxygen atoms in total. The molecule has 4 atom stereocenters. The van der Waals surface area contributed by atoms with Crippen LogP contribution in [0.15, 0.2) is 72.8 Å². The van der Waals surface area contributed by atoms with Crippen LogP contribution in [0.1, 0.15) is 29.0 Å². The average Bonchev–Trinajstić information content (AvgIpc) is 3.09. The van der Waals surface area contributed by atoms with E-state index in [9.17, 15) is 10.2 Å². The highest BCUT2D eigenvalue weighted by molar-refractivity contribution is 6.30. The van der Waals surface area contributed by atoms with Gasteiger partial charge in [0.1, 0.15) is 5.75 Å². The van der Waals surface area contributed by atoms with Gasteiger partial charge >= 0.3 is 0 Å². The highest BCUT2D eigenvalue weighted by Gasteiger charge is 2.72. The molecule has 0 aromatic heterocycles. The van der Waals surface area contributed by atoms with Gasteiger partial charge in [0.15, 0.2) is 11.2 Å². The maximum absolute atomic E-state index is 12.0. The molecule has 1 aliphatic heterocycles. The van der Waals surface area contributed by atoms with Crippen LogP contribution in [-0.2, 0) is 11.2 Å². The fourth-order valence-corrected chi connectivity index (χ4v) is 5.07. The first-order valence-electron chi connectivity index (χ1n) is 9.27. The minimum atomic E-state index is -1.61. The lowest BCUT2D eigenvalue weighted by Crippen LogP contribution is -2.51. The summed E-state index contributed by atoms with van der Waals surface area (Å²) >= 11 is 6.12. The second kappa shape index (κ2) is 5.98. The number of halogens is 1. The SMILES string of the molecule is Nc1ccc2c(c1)O[C@@]1(c3ccc(Cl)cc3)[C@H](c3ccccc3)C[C@H](O)[C@@]21O. The molecule has 0 bridgehead atoms. The van der Waals surface area contributed by atoms with Crippen LogP contribution in [0.3, 0.4) is 0 Å². The van der Waals surface area contributed by atoms with E-state index in [2.05, 4.69) is 0 Å². The third-order valence-corrected chi connectivity index (χ3v) is 6.41. The van der Waals surface area contributed by atoms with E-state index in [1.165, 1.54) is 0 Å². The zero-order valence-electron chi connectivity index (χ0n) is 15.0. The fourth-order valence-electron chi connectivity index (χ4n) is 4.95. The van der Waals surface area contributed by atoms with E-state index in [0.717, 1.165) is 11.1 Å². The summed E-state index contributed by atoms with van der Waals surface area (Å²) in [7, 11) is 0. The van der Waals surface area contributed by atoms with Gasteiger partial charge in [0.25, 0.3) is 0 Å². The molecule has 0 saturated heterocycles. The number of aliphatic hydroxyl groups is 2. The second-order valence-corrected chi connectivity index (χ2v) is 8.02. The summed E-state index contributed by atoms with van der Waals surface area (Å²) in [5.74, 6) is 0.237. The molecule has 3 aromatic carbocycles. The zero-order chi connectivity index (χ0) is 19.5. The molecule has 1 heterocycles. The quantitative estimate of drug-likeness (QED) is 0.576. The largest absolute Gasteiger partial charge is 0.478 e. The highest BCUT2D eigenvalue weighted by Crippen LogP contribution is 2.66. The Hall–Kier alpha value is -2.53. The van der Waals surface area contributed by atoms with Crippen molar-refractivity contribution in [2.24, 2.45) is 0 Å². The van der Waals surface area contributed by atoms with E-state index < -0.39 is 17.3 Å². The van der Waals surface area contributed by atoms with Crippen LogP contribution < -0.4 is 10.5 Å². The summed E-state index contributed by atoms with van der Waals surface area (Å²) < 4.78 is 6.53. The van der Waals surface area contributed by atoms with Crippen molar-refractivity contribution in [3.8, 4) is 5.75 Å². The van der Waals surface area contributed by atoms with E-state index in [0.29, 0.717) is 28.4 Å². The second-order valence-electron chi connectivity index (χ2n) is 7.58. The van der Waals surface area contributed by atoms with Crippen LogP contribution in [-0.4, -0.2) is 16.3 Å². The smallest absolute Gasteiger partial charge is 0.176 e. The Morgan fingerprint density at radius 1 is 1.00 bits per heavy atom. The summed E-state index contributed by atoms with van der Waals surface area (Å²) in [6, 6.07) is 22.3. The van der Waals surface area contributed by atoms with Crippen molar-refractivity contribution in [3.05, 3.63) is 94.5 Å². The molecule has 28 heavy (non-hydrogen) atoms. The number of hydrogen-bond acceptors (Lipinski definition) is 4. The maximum Gasteiger partial charge on any atom is 0.176 e. The van der Waals surface area contributed by atoms with Gasteiger partial charge in [0.2, 0.25) is 0 Å². The molecule has 1 saturated carbocycles. The number of anilines is 1. The Morgan fingerprint density at radius 3 is 2.43 bits per heavy atom. The van der Waals surface area contributed by atoms with Crippen LogP contribution in [0.5, 0.6) is 5.75 Å². The number of rotatable bonds is 2. The van der Waals surface area contributed by atoms with Gasteiger partial charge in [0, 0.05) is 28.3 Å². The summed E-state index contributed by atoms with van der Waals surface area (Å²) in [5, 5.41) is 23.7. The molecule has 142 valence electrons. The number of hydrogen-bond donors (Lipinski definition) is 3. The topological polar surface area (TPSA) is 75.7 Å². The van der Waals surface area contributed by atoms with Crippen molar-refractivity contribution in [2.75, 3.05) is 5.73 Å². The molecule has 0 spiro atoms. The first-order valence-corrected chi connectivity index (χ1v) is 9.65. The van der Waals surface area contributed by atoms with Gasteiger partial charge < -0.3 is 20.7 Å². The van der Waals surface area contributed by atoms with Gasteiger partial charge in [0.05, 0.1) is 6.10 Å². The number of nitrogens with two attached hydrogens (primary N) is 1. The van der Waals surface area contributed by atoms with Crippen LogP contribution >= 0.6 is 11.6 Å². The molecule has 5 rings (SSSR count). The third-order valence-electron chi connectivity index (χ3n) is 6.16. The van der Waals surface area contributed by atoms with Gasteiger partial charge in [-0.2, -0.15) is 0 Å². The van der Waals surface area contributed by atoms with Crippen LogP contribution in [0.25, 0.3) is 0 Å². The van der Waals surface area contributed by atoms with E-state index in [1.54, 1.807) is 30.3 Å². The molecule has 0 amide bonds. The van der Waals surface area contributed by atoms with Gasteiger partial charge in [-0.25, -0.2) is 0 Å². The average molecular weight is 394 g/mol. The van der Waals surface area contributed by atoms with Gasteiger partial charge in [-0.3, -0.25) is 0 Å². The molecule has 5 heteroatoms.